The Balaban J connectivity index is 1.93. The molecule has 1 amide bonds. The van der Waals surface area contributed by atoms with Crippen LogP contribution in [0.4, 0.5) is 10.5 Å². The summed E-state index contributed by atoms with van der Waals surface area (Å²) in [6.07, 6.45) is 1.21. The van der Waals surface area contributed by atoms with Crippen LogP contribution in [0.2, 0.25) is 0 Å². The van der Waals surface area contributed by atoms with Crippen LogP contribution in [-0.4, -0.2) is 6.09 Å². The second-order valence-corrected chi connectivity index (χ2v) is 3.98. The second kappa shape index (κ2) is 6.40. The topological polar surface area (TPSA) is 38.3 Å². The van der Waals surface area contributed by atoms with E-state index in [1.807, 2.05) is 48.5 Å². The first-order valence-electron chi connectivity index (χ1n) is 5.99. The van der Waals surface area contributed by atoms with E-state index >= 15 is 0 Å². The molecule has 2 aromatic rings. The van der Waals surface area contributed by atoms with Crippen LogP contribution < -0.4 is 5.32 Å². The molecule has 1 N–H and O–H groups in total. The van der Waals surface area contributed by atoms with Crippen LogP contribution in [0.3, 0.4) is 0 Å². The van der Waals surface area contributed by atoms with Crippen molar-refractivity contribution in [3.63, 3.8) is 0 Å². The maximum atomic E-state index is 11.7. The summed E-state index contributed by atoms with van der Waals surface area (Å²) in [6.45, 7) is 3.95. The zero-order valence-corrected chi connectivity index (χ0v) is 10.5. The van der Waals surface area contributed by atoms with E-state index in [4.69, 9.17) is 4.74 Å². The van der Waals surface area contributed by atoms with Gasteiger partial charge in [-0.3, -0.25) is 5.32 Å². The Morgan fingerprint density at radius 1 is 1.11 bits per heavy atom. The molecule has 0 aliphatic carbocycles. The van der Waals surface area contributed by atoms with Gasteiger partial charge in [-0.1, -0.05) is 61.2 Å². The lowest BCUT2D eigenvalue weighted by molar-refractivity contribution is 0.155. The van der Waals surface area contributed by atoms with E-state index in [2.05, 4.69) is 11.9 Å². The Morgan fingerprint density at radius 2 is 1.79 bits per heavy atom. The number of rotatable bonds is 4. The van der Waals surface area contributed by atoms with Crippen LogP contribution >= 0.6 is 0 Å². The lowest BCUT2D eigenvalue weighted by atomic mass is 10.2. The monoisotopic (exact) mass is 253 g/mol. The van der Waals surface area contributed by atoms with Gasteiger partial charge in [-0.05, 0) is 17.2 Å². The van der Waals surface area contributed by atoms with Gasteiger partial charge in [0.15, 0.2) is 0 Å². The maximum Gasteiger partial charge on any atom is 0.411 e. The molecule has 0 saturated carbocycles. The van der Waals surface area contributed by atoms with Crippen molar-refractivity contribution < 1.29 is 9.53 Å². The number of benzene rings is 2. The number of amides is 1. The normalized spacial score (nSPS) is 9.68. The standard InChI is InChI=1S/C16H15NO2/c1-2-14-10-6-7-11-15(14)17-16(18)19-12-13-8-4-3-5-9-13/h2-11H,1,12H2,(H,17,18). The van der Waals surface area contributed by atoms with Gasteiger partial charge >= 0.3 is 6.09 Å². The van der Waals surface area contributed by atoms with Gasteiger partial charge in [-0.15, -0.1) is 0 Å². The van der Waals surface area contributed by atoms with E-state index in [0.717, 1.165) is 11.1 Å². The quantitative estimate of drug-likeness (QED) is 0.891. The highest BCUT2D eigenvalue weighted by Gasteiger charge is 2.05. The van der Waals surface area contributed by atoms with Gasteiger partial charge in [0.2, 0.25) is 0 Å². The summed E-state index contributed by atoms with van der Waals surface area (Å²) in [7, 11) is 0. The van der Waals surface area contributed by atoms with Crippen LogP contribution in [0.5, 0.6) is 0 Å². The molecule has 3 heteroatoms. The molecule has 0 bridgehead atoms. The number of nitrogens with one attached hydrogen (secondary N) is 1. The third kappa shape index (κ3) is 3.71. The summed E-state index contributed by atoms with van der Waals surface area (Å²) in [5.41, 5.74) is 2.50. The Morgan fingerprint density at radius 3 is 2.53 bits per heavy atom. The van der Waals surface area contributed by atoms with E-state index in [-0.39, 0.29) is 6.61 Å². The molecular weight excluding hydrogens is 238 g/mol. The van der Waals surface area contributed by atoms with Gasteiger partial charge in [0.25, 0.3) is 0 Å². The molecule has 0 saturated heterocycles. The zero-order chi connectivity index (χ0) is 13.5. The number of para-hydroxylation sites is 1. The SMILES string of the molecule is C=Cc1ccccc1NC(=O)OCc1ccccc1. The third-order valence-corrected chi connectivity index (χ3v) is 2.63. The van der Waals surface area contributed by atoms with Crippen molar-refractivity contribution in [1.82, 2.24) is 0 Å². The van der Waals surface area contributed by atoms with Crippen molar-refractivity contribution in [3.8, 4) is 0 Å². The number of hydrogen-bond acceptors (Lipinski definition) is 2. The molecule has 0 unspecified atom stereocenters. The van der Waals surface area contributed by atoms with Gasteiger partial charge in [-0.25, -0.2) is 4.79 Å². The van der Waals surface area contributed by atoms with E-state index < -0.39 is 6.09 Å². The fourth-order valence-electron chi connectivity index (χ4n) is 1.66. The van der Waals surface area contributed by atoms with Crippen molar-refractivity contribution in [2.75, 3.05) is 5.32 Å². The zero-order valence-electron chi connectivity index (χ0n) is 10.5. The van der Waals surface area contributed by atoms with Crippen LogP contribution in [0.25, 0.3) is 6.08 Å². The van der Waals surface area contributed by atoms with Gasteiger partial charge in [-0.2, -0.15) is 0 Å². The molecule has 2 rings (SSSR count). The minimum atomic E-state index is -0.474. The highest BCUT2D eigenvalue weighted by atomic mass is 16.5. The van der Waals surface area contributed by atoms with Crippen LogP contribution in [0, 0.1) is 0 Å². The molecule has 0 fully saturated rings. The van der Waals surface area contributed by atoms with Crippen LogP contribution in [-0.2, 0) is 11.3 Å². The van der Waals surface area contributed by atoms with Crippen molar-refractivity contribution in [1.29, 1.82) is 0 Å². The lowest BCUT2D eigenvalue weighted by Crippen LogP contribution is -2.14. The number of hydrogen-bond donors (Lipinski definition) is 1. The molecule has 19 heavy (non-hydrogen) atoms. The first-order chi connectivity index (χ1) is 9.29. The van der Waals surface area contributed by atoms with Gasteiger partial charge in [0, 0.05) is 0 Å². The summed E-state index contributed by atoms with van der Waals surface area (Å²) < 4.78 is 5.15. The first-order valence-corrected chi connectivity index (χ1v) is 5.99. The average molecular weight is 253 g/mol. The van der Waals surface area contributed by atoms with E-state index in [0.29, 0.717) is 5.69 Å². The Labute approximate surface area is 112 Å². The first kappa shape index (κ1) is 12.9. The lowest BCUT2D eigenvalue weighted by Gasteiger charge is -2.09. The number of carbonyl (C=O) groups excluding carboxylic acids is 1. The average Bonchev–Trinajstić information content (AvgIpc) is 2.47. The number of anilines is 1. The predicted molar refractivity (Wildman–Crippen MR) is 76.8 cm³/mol. The highest BCUT2D eigenvalue weighted by molar-refractivity contribution is 5.87. The molecular formula is C16H15NO2. The van der Waals surface area contributed by atoms with Gasteiger partial charge < -0.3 is 4.74 Å². The summed E-state index contributed by atoms with van der Waals surface area (Å²) >= 11 is 0. The Bertz CT molecular complexity index is 564. The molecule has 2 aromatic carbocycles. The van der Waals surface area contributed by atoms with Crippen molar-refractivity contribution in [2.45, 2.75) is 6.61 Å². The predicted octanol–water partition coefficient (Wildman–Crippen LogP) is 4.08. The van der Waals surface area contributed by atoms with Gasteiger partial charge in [0.1, 0.15) is 6.61 Å². The summed E-state index contributed by atoms with van der Waals surface area (Å²) in [5.74, 6) is 0. The molecule has 0 spiro atoms. The van der Waals surface area contributed by atoms with Crippen LogP contribution in [0.15, 0.2) is 61.2 Å². The van der Waals surface area contributed by atoms with E-state index in [1.165, 1.54) is 0 Å². The number of ether oxygens (including phenoxy) is 1. The summed E-state index contributed by atoms with van der Waals surface area (Å²) in [4.78, 5) is 11.7. The van der Waals surface area contributed by atoms with E-state index in [1.54, 1.807) is 12.1 Å². The summed E-state index contributed by atoms with van der Waals surface area (Å²) in [5, 5.41) is 2.70. The van der Waals surface area contributed by atoms with Crippen molar-refractivity contribution in [3.05, 3.63) is 72.3 Å². The Hall–Kier alpha value is -2.55. The Kier molecular flexibility index (Phi) is 4.34. The van der Waals surface area contributed by atoms with Crippen molar-refractivity contribution >= 4 is 17.9 Å². The molecule has 0 heterocycles. The van der Waals surface area contributed by atoms with Crippen molar-refractivity contribution in [2.24, 2.45) is 0 Å². The minimum Gasteiger partial charge on any atom is -0.444 e. The van der Waals surface area contributed by atoms with Crippen LogP contribution in [0.1, 0.15) is 11.1 Å². The third-order valence-electron chi connectivity index (χ3n) is 2.63. The molecule has 0 atom stereocenters. The van der Waals surface area contributed by atoms with Gasteiger partial charge in [0.05, 0.1) is 5.69 Å². The molecule has 3 nitrogen and oxygen atoms in total. The van der Waals surface area contributed by atoms with E-state index in [9.17, 15) is 4.79 Å². The highest BCUT2D eigenvalue weighted by Crippen LogP contribution is 2.16. The second-order valence-electron chi connectivity index (χ2n) is 3.98. The molecule has 0 aliphatic heterocycles. The smallest absolute Gasteiger partial charge is 0.411 e. The maximum absolute atomic E-state index is 11.7. The minimum absolute atomic E-state index is 0.253. The fourth-order valence-corrected chi connectivity index (χ4v) is 1.66. The molecule has 96 valence electrons. The summed E-state index contributed by atoms with van der Waals surface area (Å²) in [6, 6.07) is 17.0. The largest absolute Gasteiger partial charge is 0.444 e. The fraction of sp³-hybridized carbons (Fsp3) is 0.0625. The molecule has 0 radical (unpaired) electrons. The number of carbonyl (C=O) groups is 1. The molecule has 0 aromatic heterocycles. The molecule has 0 aliphatic rings.